The molecule has 1 aliphatic rings. The van der Waals surface area contributed by atoms with Crippen molar-refractivity contribution in [2.45, 2.75) is 123 Å². The van der Waals surface area contributed by atoms with Crippen molar-refractivity contribution in [3.05, 3.63) is 276 Å². The zero-order valence-electron chi connectivity index (χ0n) is 48.8. The average Bonchev–Trinajstić information content (AvgIpc) is 3.79. The Morgan fingerprint density at radius 1 is 0.321 bits per heavy atom. The molecule has 0 bridgehead atoms. The van der Waals surface area contributed by atoms with Gasteiger partial charge >= 0.3 is 0 Å². The molecule has 0 radical (unpaired) electrons. The van der Waals surface area contributed by atoms with Crippen LogP contribution in [0.1, 0.15) is 132 Å². The van der Waals surface area contributed by atoms with Gasteiger partial charge in [-0.25, -0.2) is 0 Å². The van der Waals surface area contributed by atoms with E-state index in [4.69, 9.17) is 0 Å². The van der Waals surface area contributed by atoms with Crippen molar-refractivity contribution >= 4 is 34.1 Å². The van der Waals surface area contributed by atoms with E-state index < -0.39 is 0 Å². The third-order valence-electron chi connectivity index (χ3n) is 17.9. The molecule has 0 saturated carbocycles. The summed E-state index contributed by atoms with van der Waals surface area (Å²) in [7, 11) is 0. The van der Waals surface area contributed by atoms with Crippen LogP contribution in [0.5, 0.6) is 0 Å². The summed E-state index contributed by atoms with van der Waals surface area (Å²) in [5, 5.41) is 0. The van der Waals surface area contributed by atoms with Gasteiger partial charge in [-0.1, -0.05) is 260 Å². The summed E-state index contributed by atoms with van der Waals surface area (Å²) < 4.78 is 0. The molecule has 406 valence electrons. The third kappa shape index (κ3) is 11.4. The van der Waals surface area contributed by atoms with E-state index in [1.54, 1.807) is 0 Å². The first kappa shape index (κ1) is 54.7. The molecule has 0 N–H and O–H groups in total. The van der Waals surface area contributed by atoms with Gasteiger partial charge in [-0.05, 0) is 173 Å². The molecule has 10 aromatic rings. The minimum absolute atomic E-state index is 0.0631. The van der Waals surface area contributed by atoms with Gasteiger partial charge in [0.2, 0.25) is 0 Å². The van der Waals surface area contributed by atoms with Crippen LogP contribution in [0.25, 0.3) is 44.5 Å². The normalized spacial score (nSPS) is 13.1. The second-order valence-electron chi connectivity index (χ2n) is 23.2. The van der Waals surface area contributed by atoms with Crippen molar-refractivity contribution < 1.29 is 0 Å². The van der Waals surface area contributed by atoms with Crippen molar-refractivity contribution in [2.24, 2.45) is 0 Å². The Labute approximate surface area is 484 Å². The molecule has 0 spiro atoms. The van der Waals surface area contributed by atoms with Crippen LogP contribution >= 0.6 is 0 Å². The number of aryl methyl sites for hydroxylation is 2. The number of hydrogen-bond acceptors (Lipinski definition) is 2. The predicted molar refractivity (Wildman–Crippen MR) is 349 cm³/mol. The van der Waals surface area contributed by atoms with E-state index in [1.807, 2.05) is 0 Å². The summed E-state index contributed by atoms with van der Waals surface area (Å²) in [6.45, 7) is 13.7. The lowest BCUT2D eigenvalue weighted by molar-refractivity contribution is 0.401. The molecule has 10 aromatic carbocycles. The van der Waals surface area contributed by atoms with Crippen LogP contribution in [0.15, 0.2) is 243 Å². The van der Waals surface area contributed by atoms with Crippen LogP contribution in [0, 0.1) is 13.8 Å². The van der Waals surface area contributed by atoms with Crippen LogP contribution in [-0.4, -0.2) is 0 Å². The Hall–Kier alpha value is -8.20. The number of rotatable bonds is 22. The zero-order chi connectivity index (χ0) is 55.8. The van der Waals surface area contributed by atoms with E-state index >= 15 is 0 Å². The van der Waals surface area contributed by atoms with Crippen LogP contribution < -0.4 is 9.80 Å². The summed E-state index contributed by atoms with van der Waals surface area (Å²) >= 11 is 0. The molecule has 0 heterocycles. The maximum Gasteiger partial charge on any atom is 0.0465 e. The summed E-state index contributed by atoms with van der Waals surface area (Å²) in [5.74, 6) is 0. The van der Waals surface area contributed by atoms with Crippen molar-refractivity contribution in [1.29, 1.82) is 0 Å². The van der Waals surface area contributed by atoms with Crippen LogP contribution in [0.2, 0.25) is 0 Å². The summed E-state index contributed by atoms with van der Waals surface area (Å²) in [6.07, 6.45) is 13.0. The van der Waals surface area contributed by atoms with Gasteiger partial charge in [0.1, 0.15) is 0 Å². The largest absolute Gasteiger partial charge is 0.310 e. The number of hydrogen-bond donors (Lipinski definition) is 0. The smallest absolute Gasteiger partial charge is 0.0465 e. The Balaban J connectivity index is 1.02. The number of unbranched alkanes of at least 4 members (excludes halogenated alkanes) is 6. The number of anilines is 6. The maximum absolute atomic E-state index is 2.60. The van der Waals surface area contributed by atoms with Crippen LogP contribution in [0.3, 0.4) is 0 Å². The van der Waals surface area contributed by atoms with Gasteiger partial charge in [-0.2, -0.15) is 0 Å². The van der Waals surface area contributed by atoms with Gasteiger partial charge in [-0.15, -0.1) is 0 Å². The quantitative estimate of drug-likeness (QED) is 0.0624. The lowest BCUT2D eigenvalue weighted by atomic mass is 9.70. The highest BCUT2D eigenvalue weighted by molar-refractivity contribution is 5.89. The number of benzene rings is 10. The molecule has 1 unspecified atom stereocenters. The first-order valence-corrected chi connectivity index (χ1v) is 30.2. The topological polar surface area (TPSA) is 6.48 Å². The van der Waals surface area contributed by atoms with E-state index in [0.717, 1.165) is 42.0 Å². The number of fused-ring (bicyclic) bond motifs is 3. The summed E-state index contributed by atoms with van der Waals surface area (Å²) in [6, 6.07) is 91.6. The molecule has 0 amide bonds. The first-order chi connectivity index (χ1) is 39.7. The first-order valence-electron chi connectivity index (χ1n) is 30.2. The van der Waals surface area contributed by atoms with Gasteiger partial charge in [0.15, 0.2) is 0 Å². The standard InChI is InChI=1S/C79H80N2/c1-7-10-12-20-54-79(55-21-13-11-8-2)76-56-72(80(68-42-28-59(5)29-43-68)69-44-32-63(33-45-69)60-22-16-14-17-23-60)50-52-74(76)75-53-51-73(57-77(75)79)81(70-46-34-64(35-47-70)61-24-18-15-19-25-61)71-48-36-65(37-49-71)62-30-40-67(41-31-62)78(6,9-3)66-38-26-58(4)27-39-66/h14-19,22-53,56-57H,7-13,20-21,54-55H2,1-6H3. The fraction of sp³-hybridized carbons (Fsp3) is 0.241. The van der Waals surface area contributed by atoms with E-state index in [9.17, 15) is 0 Å². The van der Waals surface area contributed by atoms with Crippen molar-refractivity contribution in [2.75, 3.05) is 9.80 Å². The minimum Gasteiger partial charge on any atom is -0.310 e. The van der Waals surface area contributed by atoms with Crippen molar-refractivity contribution in [3.8, 4) is 44.5 Å². The lowest BCUT2D eigenvalue weighted by Gasteiger charge is -2.35. The molecule has 0 aromatic heterocycles. The Morgan fingerprint density at radius 3 is 0.988 bits per heavy atom. The average molecular weight is 1060 g/mol. The van der Waals surface area contributed by atoms with Gasteiger partial charge in [-0.3, -0.25) is 0 Å². The fourth-order valence-corrected chi connectivity index (χ4v) is 12.9. The highest BCUT2D eigenvalue weighted by Crippen LogP contribution is 2.57. The maximum atomic E-state index is 2.60. The summed E-state index contributed by atoms with van der Waals surface area (Å²) in [4.78, 5) is 4.98. The van der Waals surface area contributed by atoms with Gasteiger partial charge in [0.05, 0.1) is 0 Å². The van der Waals surface area contributed by atoms with E-state index in [0.29, 0.717) is 0 Å². The highest BCUT2D eigenvalue weighted by atomic mass is 15.1. The molecule has 2 nitrogen and oxygen atoms in total. The molecular formula is C79H80N2. The SMILES string of the molecule is CCCCCCC1(CCCCCC)c2cc(N(c3ccc(C)cc3)c3ccc(-c4ccccc4)cc3)ccc2-c2ccc(N(c3ccc(-c4ccccc4)cc3)c3ccc(-c4ccc(C(C)(CC)c5ccc(C)cc5)cc4)cc3)cc21. The molecule has 0 fully saturated rings. The van der Waals surface area contributed by atoms with E-state index in [1.165, 1.54) is 141 Å². The van der Waals surface area contributed by atoms with Crippen LogP contribution in [0.4, 0.5) is 34.1 Å². The van der Waals surface area contributed by atoms with E-state index in [-0.39, 0.29) is 10.8 Å². The molecule has 0 aliphatic heterocycles. The molecular weight excluding hydrogens is 977 g/mol. The Kier molecular flexibility index (Phi) is 16.7. The van der Waals surface area contributed by atoms with Gasteiger partial charge < -0.3 is 9.80 Å². The third-order valence-corrected chi connectivity index (χ3v) is 17.9. The van der Waals surface area contributed by atoms with Crippen LogP contribution in [-0.2, 0) is 10.8 Å². The lowest BCUT2D eigenvalue weighted by Crippen LogP contribution is -2.26. The number of nitrogens with zero attached hydrogens (tertiary/aromatic N) is 2. The van der Waals surface area contributed by atoms with Gasteiger partial charge in [0.25, 0.3) is 0 Å². The Bertz CT molecular complexity index is 3620. The molecule has 11 rings (SSSR count). The van der Waals surface area contributed by atoms with Crippen molar-refractivity contribution in [1.82, 2.24) is 0 Å². The minimum atomic E-state index is -0.166. The molecule has 1 aliphatic carbocycles. The van der Waals surface area contributed by atoms with Gasteiger partial charge in [0, 0.05) is 45.0 Å². The predicted octanol–water partition coefficient (Wildman–Crippen LogP) is 23.2. The highest BCUT2D eigenvalue weighted by Gasteiger charge is 2.43. The molecule has 1 atom stereocenters. The molecule has 0 saturated heterocycles. The fourth-order valence-electron chi connectivity index (χ4n) is 12.9. The van der Waals surface area contributed by atoms with E-state index in [2.05, 4.69) is 294 Å². The zero-order valence-corrected chi connectivity index (χ0v) is 48.8. The molecule has 81 heavy (non-hydrogen) atoms. The summed E-state index contributed by atoms with van der Waals surface area (Å²) in [5.41, 5.74) is 25.0. The second-order valence-corrected chi connectivity index (χ2v) is 23.2. The second kappa shape index (κ2) is 24.7. The Morgan fingerprint density at radius 2 is 0.630 bits per heavy atom. The molecule has 2 heteroatoms. The van der Waals surface area contributed by atoms with Crippen molar-refractivity contribution in [3.63, 3.8) is 0 Å². The monoisotopic (exact) mass is 1060 g/mol.